The molecule has 0 saturated carbocycles. The predicted octanol–water partition coefficient (Wildman–Crippen LogP) is 1.35. The van der Waals surface area contributed by atoms with Crippen molar-refractivity contribution in [2.45, 2.75) is 0 Å². The lowest BCUT2D eigenvalue weighted by Gasteiger charge is -2.04. The monoisotopic (exact) mass is 281 g/mol. The minimum Gasteiger partial charge on any atom is -0.496 e. The Morgan fingerprint density at radius 1 is 1.24 bits per heavy atom. The van der Waals surface area contributed by atoms with Crippen LogP contribution in [0, 0.1) is 0 Å². The SMILES string of the molecule is COc1ccccc1-c1cc2c3n[nH]c(=O)n3ccn2n1. The standard InChI is InChI=1S/C14H11N5O2/c1-21-12-5-3-2-4-9(12)10-8-11-13-15-16-14(20)18(13)6-7-19(11)17-10/h2-8H,1H3,(H,16,20). The Morgan fingerprint density at radius 2 is 2.10 bits per heavy atom. The Bertz CT molecular complexity index is 1010. The number of methoxy groups -OCH3 is 1. The molecule has 7 nitrogen and oxygen atoms in total. The first-order valence-corrected chi connectivity index (χ1v) is 6.36. The molecule has 3 heterocycles. The molecule has 0 fully saturated rings. The topological polar surface area (TPSA) is 76.7 Å². The third kappa shape index (κ3) is 1.64. The van der Waals surface area contributed by atoms with Crippen LogP contribution in [0.5, 0.6) is 5.75 Å². The molecule has 7 heteroatoms. The van der Waals surface area contributed by atoms with Crippen molar-refractivity contribution in [3.63, 3.8) is 0 Å². The summed E-state index contributed by atoms with van der Waals surface area (Å²) < 4.78 is 8.50. The first-order valence-electron chi connectivity index (χ1n) is 6.36. The molecule has 0 unspecified atom stereocenters. The van der Waals surface area contributed by atoms with Crippen molar-refractivity contribution in [2.75, 3.05) is 7.11 Å². The molecular formula is C14H11N5O2. The number of hydrogen-bond acceptors (Lipinski definition) is 4. The highest BCUT2D eigenvalue weighted by Gasteiger charge is 2.12. The van der Waals surface area contributed by atoms with Crippen LogP contribution in [0.4, 0.5) is 0 Å². The first-order chi connectivity index (χ1) is 10.3. The molecule has 0 saturated heterocycles. The zero-order valence-corrected chi connectivity index (χ0v) is 11.1. The maximum absolute atomic E-state index is 11.6. The number of aromatic nitrogens is 5. The van der Waals surface area contributed by atoms with Crippen molar-refractivity contribution in [3.05, 3.63) is 53.2 Å². The molecule has 0 amide bonds. The van der Waals surface area contributed by atoms with Crippen LogP contribution in [0.15, 0.2) is 47.5 Å². The molecule has 3 aromatic heterocycles. The van der Waals surface area contributed by atoms with E-state index in [-0.39, 0.29) is 5.69 Å². The van der Waals surface area contributed by atoms with Crippen LogP contribution in [0.2, 0.25) is 0 Å². The fourth-order valence-corrected chi connectivity index (χ4v) is 2.42. The van der Waals surface area contributed by atoms with Crippen LogP contribution in [0.3, 0.4) is 0 Å². The van der Waals surface area contributed by atoms with E-state index in [2.05, 4.69) is 15.3 Å². The fraction of sp³-hybridized carbons (Fsp3) is 0.0714. The number of ether oxygens (including phenoxy) is 1. The zero-order chi connectivity index (χ0) is 14.4. The molecule has 21 heavy (non-hydrogen) atoms. The molecule has 0 aliphatic carbocycles. The predicted molar refractivity (Wildman–Crippen MR) is 76.6 cm³/mol. The van der Waals surface area contributed by atoms with Crippen molar-refractivity contribution in [3.8, 4) is 17.0 Å². The van der Waals surface area contributed by atoms with Gasteiger partial charge in [0.25, 0.3) is 0 Å². The Hall–Kier alpha value is -3.09. The summed E-state index contributed by atoms with van der Waals surface area (Å²) >= 11 is 0. The number of hydrogen-bond donors (Lipinski definition) is 1. The minimum atomic E-state index is -0.271. The molecule has 0 bridgehead atoms. The summed E-state index contributed by atoms with van der Waals surface area (Å²) in [6.45, 7) is 0. The van der Waals surface area contributed by atoms with E-state index in [4.69, 9.17) is 4.74 Å². The van der Waals surface area contributed by atoms with E-state index < -0.39 is 0 Å². The van der Waals surface area contributed by atoms with Crippen LogP contribution in [0.1, 0.15) is 0 Å². The van der Waals surface area contributed by atoms with Gasteiger partial charge in [-0.3, -0.25) is 0 Å². The van der Waals surface area contributed by atoms with E-state index in [1.165, 1.54) is 4.40 Å². The van der Waals surface area contributed by atoms with Crippen LogP contribution in [-0.4, -0.2) is 31.3 Å². The lowest BCUT2D eigenvalue weighted by Crippen LogP contribution is -2.09. The van der Waals surface area contributed by atoms with Gasteiger partial charge in [0.05, 0.1) is 12.8 Å². The Kier molecular flexibility index (Phi) is 2.34. The van der Waals surface area contributed by atoms with Gasteiger partial charge in [0.15, 0.2) is 5.65 Å². The molecule has 0 aliphatic heterocycles. The van der Waals surface area contributed by atoms with Crippen LogP contribution in [-0.2, 0) is 0 Å². The van der Waals surface area contributed by atoms with Gasteiger partial charge in [0.1, 0.15) is 11.3 Å². The summed E-state index contributed by atoms with van der Waals surface area (Å²) in [5.41, 5.74) is 2.66. The average Bonchev–Trinajstić information content (AvgIpc) is 3.10. The normalized spacial score (nSPS) is 11.3. The second kappa shape index (κ2) is 4.20. The molecule has 4 rings (SSSR count). The summed E-state index contributed by atoms with van der Waals surface area (Å²) in [4.78, 5) is 11.6. The van der Waals surface area contributed by atoms with E-state index in [9.17, 15) is 4.79 Å². The van der Waals surface area contributed by atoms with Gasteiger partial charge in [0.2, 0.25) is 0 Å². The van der Waals surface area contributed by atoms with Crippen molar-refractivity contribution in [2.24, 2.45) is 0 Å². The third-order valence-electron chi connectivity index (χ3n) is 3.41. The highest BCUT2D eigenvalue weighted by molar-refractivity contribution is 5.78. The first kappa shape index (κ1) is 11.7. The Balaban J connectivity index is 2.03. The molecule has 0 atom stereocenters. The molecule has 1 N–H and O–H groups in total. The lowest BCUT2D eigenvalue weighted by atomic mass is 10.1. The maximum atomic E-state index is 11.6. The van der Waals surface area contributed by atoms with Gasteiger partial charge in [-0.05, 0) is 18.2 Å². The number of aromatic amines is 1. The molecule has 104 valence electrons. The number of H-pyrrole nitrogens is 1. The number of nitrogens with zero attached hydrogens (tertiary/aromatic N) is 4. The fourth-order valence-electron chi connectivity index (χ4n) is 2.42. The summed E-state index contributed by atoms with van der Waals surface area (Å²) in [6, 6.07) is 9.54. The smallest absolute Gasteiger partial charge is 0.347 e. The van der Waals surface area contributed by atoms with E-state index >= 15 is 0 Å². The maximum Gasteiger partial charge on any atom is 0.347 e. The van der Waals surface area contributed by atoms with Crippen molar-refractivity contribution < 1.29 is 4.74 Å². The van der Waals surface area contributed by atoms with Gasteiger partial charge in [0, 0.05) is 18.0 Å². The average molecular weight is 281 g/mol. The molecule has 0 aliphatic rings. The van der Waals surface area contributed by atoms with Crippen LogP contribution < -0.4 is 10.4 Å². The van der Waals surface area contributed by atoms with Gasteiger partial charge in [-0.2, -0.15) is 10.2 Å². The minimum absolute atomic E-state index is 0.271. The largest absolute Gasteiger partial charge is 0.496 e. The van der Waals surface area contributed by atoms with Gasteiger partial charge in [-0.25, -0.2) is 18.8 Å². The van der Waals surface area contributed by atoms with Crippen molar-refractivity contribution >= 4 is 11.2 Å². The summed E-state index contributed by atoms with van der Waals surface area (Å²) in [5.74, 6) is 0.747. The second-order valence-corrected chi connectivity index (χ2v) is 4.58. The summed E-state index contributed by atoms with van der Waals surface area (Å²) in [6.07, 6.45) is 3.35. The van der Waals surface area contributed by atoms with E-state index in [1.54, 1.807) is 24.0 Å². The van der Waals surface area contributed by atoms with Gasteiger partial charge >= 0.3 is 5.69 Å². The zero-order valence-electron chi connectivity index (χ0n) is 11.1. The molecule has 4 aromatic rings. The Labute approximate surface area is 118 Å². The number of benzene rings is 1. The van der Waals surface area contributed by atoms with Gasteiger partial charge in [-0.15, -0.1) is 0 Å². The lowest BCUT2D eigenvalue weighted by molar-refractivity contribution is 0.416. The number of nitrogens with one attached hydrogen (secondary N) is 1. The number of rotatable bonds is 2. The van der Waals surface area contributed by atoms with E-state index in [1.807, 2.05) is 30.3 Å². The van der Waals surface area contributed by atoms with Crippen molar-refractivity contribution in [1.82, 2.24) is 24.2 Å². The highest BCUT2D eigenvalue weighted by Crippen LogP contribution is 2.29. The van der Waals surface area contributed by atoms with Crippen molar-refractivity contribution in [1.29, 1.82) is 0 Å². The summed E-state index contributed by atoms with van der Waals surface area (Å²) in [7, 11) is 1.63. The van der Waals surface area contributed by atoms with Crippen LogP contribution >= 0.6 is 0 Å². The summed E-state index contributed by atoms with van der Waals surface area (Å²) in [5, 5.41) is 11.0. The van der Waals surface area contributed by atoms with Gasteiger partial charge in [-0.1, -0.05) is 12.1 Å². The molecular weight excluding hydrogens is 270 g/mol. The highest BCUT2D eigenvalue weighted by atomic mass is 16.5. The Morgan fingerprint density at radius 3 is 2.95 bits per heavy atom. The number of para-hydroxylation sites is 1. The molecule has 0 radical (unpaired) electrons. The van der Waals surface area contributed by atoms with Crippen LogP contribution in [0.25, 0.3) is 22.4 Å². The van der Waals surface area contributed by atoms with E-state index in [0.717, 1.165) is 22.5 Å². The van der Waals surface area contributed by atoms with Gasteiger partial charge < -0.3 is 4.74 Å². The molecule has 0 spiro atoms. The van der Waals surface area contributed by atoms with E-state index in [0.29, 0.717) is 5.65 Å². The quantitative estimate of drug-likeness (QED) is 0.601. The third-order valence-corrected chi connectivity index (χ3v) is 3.41. The second-order valence-electron chi connectivity index (χ2n) is 4.58. The number of fused-ring (bicyclic) bond motifs is 3. The molecule has 1 aromatic carbocycles.